The molecule has 1 spiro atoms. The van der Waals surface area contributed by atoms with Crippen LogP contribution in [-0.4, -0.2) is 34.1 Å². The van der Waals surface area contributed by atoms with Gasteiger partial charge in [-0.3, -0.25) is 4.79 Å². The first kappa shape index (κ1) is 13.3. The van der Waals surface area contributed by atoms with Gasteiger partial charge in [0.15, 0.2) is 5.82 Å². The first-order valence-electron chi connectivity index (χ1n) is 7.06. The van der Waals surface area contributed by atoms with Gasteiger partial charge in [0.1, 0.15) is 0 Å². The third-order valence-corrected chi connectivity index (χ3v) is 4.68. The van der Waals surface area contributed by atoms with Crippen LogP contribution in [0.25, 0.3) is 0 Å². The van der Waals surface area contributed by atoms with E-state index in [-0.39, 0.29) is 11.3 Å². The predicted molar refractivity (Wildman–Crippen MR) is 70.8 cm³/mol. The first-order chi connectivity index (χ1) is 9.61. The number of nitrogens with zero attached hydrogens (tertiary/aromatic N) is 3. The Bertz CT molecular complexity index is 500. The Morgan fingerprint density at radius 1 is 1.30 bits per heavy atom. The molecule has 1 aromatic rings. The molecule has 2 heterocycles. The molecule has 20 heavy (non-hydrogen) atoms. The quantitative estimate of drug-likeness (QED) is 0.898. The number of aromatic nitrogens is 2. The van der Waals surface area contributed by atoms with Crippen LogP contribution in [0.3, 0.4) is 0 Å². The summed E-state index contributed by atoms with van der Waals surface area (Å²) in [5.74, 6) is -1.16. The van der Waals surface area contributed by atoms with Crippen molar-refractivity contribution in [1.82, 2.24) is 9.97 Å². The van der Waals surface area contributed by atoms with E-state index in [9.17, 15) is 14.3 Å². The average Bonchev–Trinajstić information content (AvgIpc) is 2.80. The van der Waals surface area contributed by atoms with E-state index in [0.29, 0.717) is 19.0 Å². The summed E-state index contributed by atoms with van der Waals surface area (Å²) in [5.41, 5.74) is -0.165. The van der Waals surface area contributed by atoms with Crippen molar-refractivity contribution in [3.05, 3.63) is 18.2 Å². The van der Waals surface area contributed by atoms with Crippen LogP contribution in [-0.2, 0) is 4.79 Å². The maximum Gasteiger partial charge on any atom is 0.308 e. The molecule has 0 unspecified atom stereocenters. The summed E-state index contributed by atoms with van der Waals surface area (Å²) in [6.45, 7) is 1.08. The third kappa shape index (κ3) is 2.23. The van der Waals surface area contributed by atoms with Crippen molar-refractivity contribution in [2.75, 3.05) is 18.0 Å². The number of hydrogen-bond acceptors (Lipinski definition) is 4. The number of carboxylic acid groups (broad SMARTS) is 1. The maximum absolute atomic E-state index is 12.9. The molecule has 1 aromatic heterocycles. The van der Waals surface area contributed by atoms with Crippen LogP contribution in [0, 0.1) is 17.2 Å². The van der Waals surface area contributed by atoms with Crippen molar-refractivity contribution < 1.29 is 14.3 Å². The van der Waals surface area contributed by atoms with Gasteiger partial charge < -0.3 is 10.0 Å². The second-order valence-corrected chi connectivity index (χ2v) is 5.90. The summed E-state index contributed by atoms with van der Waals surface area (Å²) < 4.78 is 12.9. The Morgan fingerprint density at radius 2 is 1.95 bits per heavy atom. The molecule has 1 aliphatic carbocycles. The highest BCUT2D eigenvalue weighted by atomic mass is 19.1. The minimum Gasteiger partial charge on any atom is -0.481 e. The number of anilines is 1. The van der Waals surface area contributed by atoms with E-state index in [0.717, 1.165) is 38.1 Å². The highest BCUT2D eigenvalue weighted by Crippen LogP contribution is 2.48. The summed E-state index contributed by atoms with van der Waals surface area (Å²) in [6.07, 6.45) is 7.50. The molecule has 3 rings (SSSR count). The van der Waals surface area contributed by atoms with Gasteiger partial charge in [-0.25, -0.2) is 14.4 Å². The number of rotatable bonds is 2. The Labute approximate surface area is 116 Å². The zero-order valence-electron chi connectivity index (χ0n) is 11.3. The molecule has 2 fully saturated rings. The molecule has 1 aliphatic heterocycles. The average molecular weight is 279 g/mol. The lowest BCUT2D eigenvalue weighted by Crippen LogP contribution is -2.36. The molecule has 6 heteroatoms. The molecule has 0 aromatic carbocycles. The van der Waals surface area contributed by atoms with E-state index in [1.165, 1.54) is 6.42 Å². The van der Waals surface area contributed by atoms with E-state index in [1.54, 1.807) is 0 Å². The molecule has 1 N–H and O–H groups in total. The number of carboxylic acids is 1. The number of carbonyl (C=O) groups is 1. The Hall–Kier alpha value is -1.72. The van der Waals surface area contributed by atoms with E-state index in [1.807, 2.05) is 4.90 Å². The first-order valence-corrected chi connectivity index (χ1v) is 7.06. The number of hydrogen-bond donors (Lipinski definition) is 1. The minimum atomic E-state index is -0.739. The lowest BCUT2D eigenvalue weighted by atomic mass is 9.68. The van der Waals surface area contributed by atoms with Crippen LogP contribution in [0.5, 0.6) is 0 Å². The van der Waals surface area contributed by atoms with Crippen molar-refractivity contribution in [1.29, 1.82) is 0 Å². The zero-order valence-corrected chi connectivity index (χ0v) is 11.3. The molecule has 108 valence electrons. The highest BCUT2D eigenvalue weighted by Gasteiger charge is 2.50. The van der Waals surface area contributed by atoms with Gasteiger partial charge in [-0.05, 0) is 12.8 Å². The second-order valence-electron chi connectivity index (χ2n) is 5.90. The molecule has 1 saturated heterocycles. The van der Waals surface area contributed by atoms with E-state index >= 15 is 0 Å². The standard InChI is InChI=1S/C14H18FN3O2/c15-10-6-16-13(17-7-10)18-8-11(12(19)20)14(9-18)4-2-1-3-5-14/h6-7,11H,1-5,8-9H2,(H,19,20)/t11-/m1/s1. The highest BCUT2D eigenvalue weighted by molar-refractivity contribution is 5.73. The Balaban J connectivity index is 1.86. The Kier molecular flexibility index (Phi) is 3.31. The fourth-order valence-electron chi connectivity index (χ4n) is 3.69. The van der Waals surface area contributed by atoms with Crippen LogP contribution in [0.2, 0.25) is 0 Å². The SMILES string of the molecule is O=C(O)[C@H]1CN(c2ncc(F)cn2)CC12CCCCC2. The summed E-state index contributed by atoms with van der Waals surface area (Å²) in [7, 11) is 0. The van der Waals surface area contributed by atoms with E-state index < -0.39 is 11.8 Å². The summed E-state index contributed by atoms with van der Waals surface area (Å²) >= 11 is 0. The van der Waals surface area contributed by atoms with E-state index in [4.69, 9.17) is 0 Å². The molecule has 0 amide bonds. The van der Waals surface area contributed by atoms with Gasteiger partial charge >= 0.3 is 5.97 Å². The largest absolute Gasteiger partial charge is 0.481 e. The van der Waals surface area contributed by atoms with Crippen molar-refractivity contribution in [3.8, 4) is 0 Å². The molecular weight excluding hydrogens is 261 g/mol. The molecule has 1 saturated carbocycles. The van der Waals surface area contributed by atoms with Gasteiger partial charge in [-0.1, -0.05) is 19.3 Å². The third-order valence-electron chi connectivity index (χ3n) is 4.68. The fourth-order valence-corrected chi connectivity index (χ4v) is 3.69. The zero-order chi connectivity index (χ0) is 14.2. The molecular formula is C14H18FN3O2. The lowest BCUT2D eigenvalue weighted by Gasteiger charge is -2.36. The Morgan fingerprint density at radius 3 is 2.55 bits per heavy atom. The summed E-state index contributed by atoms with van der Waals surface area (Å²) in [5, 5.41) is 9.51. The molecule has 0 radical (unpaired) electrons. The minimum absolute atomic E-state index is 0.165. The summed E-state index contributed by atoms with van der Waals surface area (Å²) in [4.78, 5) is 21.4. The predicted octanol–water partition coefficient (Wildman–Crippen LogP) is 2.09. The van der Waals surface area contributed by atoms with Crippen molar-refractivity contribution in [3.63, 3.8) is 0 Å². The molecule has 2 aliphatic rings. The van der Waals surface area contributed by atoms with Crippen LogP contribution in [0.15, 0.2) is 12.4 Å². The van der Waals surface area contributed by atoms with Crippen LogP contribution in [0.1, 0.15) is 32.1 Å². The van der Waals surface area contributed by atoms with Crippen molar-refractivity contribution in [2.24, 2.45) is 11.3 Å². The normalized spacial score (nSPS) is 25.1. The fraction of sp³-hybridized carbons (Fsp3) is 0.643. The lowest BCUT2D eigenvalue weighted by molar-refractivity contribution is -0.145. The molecule has 5 nitrogen and oxygen atoms in total. The van der Waals surface area contributed by atoms with Gasteiger partial charge in [-0.2, -0.15) is 0 Å². The number of aliphatic carboxylic acids is 1. The van der Waals surface area contributed by atoms with Crippen LogP contribution >= 0.6 is 0 Å². The molecule has 0 bridgehead atoms. The van der Waals surface area contributed by atoms with Crippen molar-refractivity contribution >= 4 is 11.9 Å². The topological polar surface area (TPSA) is 66.3 Å². The van der Waals surface area contributed by atoms with Crippen molar-refractivity contribution in [2.45, 2.75) is 32.1 Å². The van der Waals surface area contributed by atoms with Gasteiger partial charge in [0.05, 0.1) is 18.3 Å². The smallest absolute Gasteiger partial charge is 0.308 e. The van der Waals surface area contributed by atoms with E-state index in [2.05, 4.69) is 9.97 Å². The molecule has 1 atom stereocenters. The second kappa shape index (κ2) is 5.00. The monoisotopic (exact) mass is 279 g/mol. The van der Waals surface area contributed by atoms with Crippen LogP contribution in [0.4, 0.5) is 10.3 Å². The van der Waals surface area contributed by atoms with Gasteiger partial charge in [0.2, 0.25) is 5.95 Å². The van der Waals surface area contributed by atoms with Gasteiger partial charge in [-0.15, -0.1) is 0 Å². The maximum atomic E-state index is 12.9. The van der Waals surface area contributed by atoms with Gasteiger partial charge in [0.25, 0.3) is 0 Å². The number of halogens is 1. The van der Waals surface area contributed by atoms with Crippen LogP contribution < -0.4 is 4.90 Å². The summed E-state index contributed by atoms with van der Waals surface area (Å²) in [6, 6.07) is 0. The van der Waals surface area contributed by atoms with Gasteiger partial charge in [0, 0.05) is 18.5 Å².